The number of carbonyl (C=O) groups excluding carboxylic acids is 1. The van der Waals surface area contributed by atoms with Gasteiger partial charge in [-0.2, -0.15) is 0 Å². The molecular formula is C7H10F2O2. The first-order chi connectivity index (χ1) is 5.25. The van der Waals surface area contributed by atoms with Crippen LogP contribution in [0.4, 0.5) is 8.78 Å². The highest BCUT2D eigenvalue weighted by Crippen LogP contribution is 2.25. The van der Waals surface area contributed by atoms with Crippen LogP contribution in [0, 0.1) is 0 Å². The van der Waals surface area contributed by atoms with Crippen LogP contribution in [-0.2, 0) is 9.53 Å². The first-order valence-corrected chi connectivity index (χ1v) is 3.63. The molecule has 0 aromatic rings. The van der Waals surface area contributed by atoms with E-state index in [0.717, 1.165) is 0 Å². The van der Waals surface area contributed by atoms with Crippen molar-refractivity contribution in [2.45, 2.75) is 37.7 Å². The molecular weight excluding hydrogens is 154 g/mol. The van der Waals surface area contributed by atoms with Gasteiger partial charge in [0.1, 0.15) is 12.3 Å². The fourth-order valence-electron chi connectivity index (χ4n) is 1.28. The molecule has 0 radical (unpaired) electrons. The summed E-state index contributed by atoms with van der Waals surface area (Å²) in [5.41, 5.74) is 0. The molecule has 0 aliphatic heterocycles. The molecule has 4 heteroatoms. The van der Waals surface area contributed by atoms with Crippen LogP contribution in [0.15, 0.2) is 0 Å². The van der Waals surface area contributed by atoms with Crippen molar-refractivity contribution < 1.29 is 18.3 Å². The molecule has 0 heterocycles. The summed E-state index contributed by atoms with van der Waals surface area (Å²) in [6.07, 6.45) is -2.71. The number of halogens is 2. The summed E-state index contributed by atoms with van der Waals surface area (Å²) in [5.74, 6) is 0. The van der Waals surface area contributed by atoms with Gasteiger partial charge in [0.05, 0.1) is 0 Å². The van der Waals surface area contributed by atoms with E-state index in [1.807, 2.05) is 0 Å². The van der Waals surface area contributed by atoms with Crippen LogP contribution in [0.25, 0.3) is 0 Å². The summed E-state index contributed by atoms with van der Waals surface area (Å²) in [4.78, 5) is 9.81. The van der Waals surface area contributed by atoms with Crippen LogP contribution in [0.2, 0.25) is 0 Å². The van der Waals surface area contributed by atoms with Gasteiger partial charge in [-0.1, -0.05) is 0 Å². The van der Waals surface area contributed by atoms with Gasteiger partial charge in [-0.15, -0.1) is 0 Å². The van der Waals surface area contributed by atoms with E-state index in [-0.39, 0.29) is 12.9 Å². The minimum absolute atomic E-state index is 0.176. The fourth-order valence-corrected chi connectivity index (χ4v) is 1.28. The highest BCUT2D eigenvalue weighted by Gasteiger charge is 2.34. The van der Waals surface area contributed by atoms with E-state index in [0.29, 0.717) is 12.8 Å². The van der Waals surface area contributed by atoms with Crippen molar-refractivity contribution in [2.24, 2.45) is 0 Å². The van der Waals surface area contributed by atoms with E-state index >= 15 is 0 Å². The van der Waals surface area contributed by atoms with Gasteiger partial charge in [0, 0.05) is 0 Å². The van der Waals surface area contributed by atoms with Crippen molar-refractivity contribution in [1.82, 2.24) is 0 Å². The number of hydrogen-bond donors (Lipinski definition) is 0. The molecule has 0 N–H and O–H groups in total. The lowest BCUT2D eigenvalue weighted by molar-refractivity contribution is -0.141. The molecule has 3 atom stereocenters. The second kappa shape index (κ2) is 3.64. The topological polar surface area (TPSA) is 26.3 Å². The Hall–Kier alpha value is -0.670. The highest BCUT2D eigenvalue weighted by atomic mass is 19.2. The molecule has 1 rings (SSSR count). The molecule has 0 aromatic carbocycles. The number of rotatable bonds is 2. The standard InChI is InChI=1S/C7H10F2O2/c8-5-2-1-3-6(7(5)9)11-4-10/h4-7H,1-3H2. The molecule has 0 amide bonds. The minimum atomic E-state index is -1.63. The lowest BCUT2D eigenvalue weighted by Crippen LogP contribution is -2.37. The van der Waals surface area contributed by atoms with E-state index in [2.05, 4.69) is 4.74 Å². The summed E-state index contributed by atoms with van der Waals surface area (Å²) in [5, 5.41) is 0. The molecule has 0 aromatic heterocycles. The van der Waals surface area contributed by atoms with Crippen LogP contribution in [-0.4, -0.2) is 24.9 Å². The Bertz CT molecular complexity index is 140. The average molecular weight is 164 g/mol. The third-order valence-electron chi connectivity index (χ3n) is 1.90. The SMILES string of the molecule is O=COC1CCCC(F)C1F. The summed E-state index contributed by atoms with van der Waals surface area (Å²) in [6.45, 7) is 0.176. The van der Waals surface area contributed by atoms with E-state index in [1.54, 1.807) is 0 Å². The molecule has 1 aliphatic rings. The van der Waals surface area contributed by atoms with E-state index < -0.39 is 18.4 Å². The second-order valence-corrected chi connectivity index (χ2v) is 2.66. The fraction of sp³-hybridized carbons (Fsp3) is 0.857. The highest BCUT2D eigenvalue weighted by molar-refractivity contribution is 5.37. The Morgan fingerprint density at radius 2 is 2.09 bits per heavy atom. The van der Waals surface area contributed by atoms with Crippen molar-refractivity contribution >= 4 is 6.47 Å². The first kappa shape index (κ1) is 8.43. The van der Waals surface area contributed by atoms with Crippen molar-refractivity contribution in [3.8, 4) is 0 Å². The molecule has 1 saturated carbocycles. The Morgan fingerprint density at radius 3 is 2.73 bits per heavy atom. The van der Waals surface area contributed by atoms with Gasteiger partial charge in [-0.3, -0.25) is 4.79 Å². The lowest BCUT2D eigenvalue weighted by atomic mass is 9.94. The molecule has 3 unspecified atom stereocenters. The number of hydrogen-bond acceptors (Lipinski definition) is 2. The average Bonchev–Trinajstić information content (AvgIpc) is 1.99. The van der Waals surface area contributed by atoms with Crippen LogP contribution in [0.1, 0.15) is 19.3 Å². The molecule has 0 saturated heterocycles. The van der Waals surface area contributed by atoms with Crippen LogP contribution < -0.4 is 0 Å². The quantitative estimate of drug-likeness (QED) is 0.576. The second-order valence-electron chi connectivity index (χ2n) is 2.66. The van der Waals surface area contributed by atoms with Gasteiger partial charge in [-0.05, 0) is 19.3 Å². The minimum Gasteiger partial charge on any atom is -0.461 e. The molecule has 2 nitrogen and oxygen atoms in total. The maximum Gasteiger partial charge on any atom is 0.293 e. The van der Waals surface area contributed by atoms with Gasteiger partial charge >= 0.3 is 0 Å². The van der Waals surface area contributed by atoms with Crippen LogP contribution in [0.3, 0.4) is 0 Å². The molecule has 1 fully saturated rings. The predicted molar refractivity (Wildman–Crippen MR) is 34.6 cm³/mol. The molecule has 0 spiro atoms. The van der Waals surface area contributed by atoms with Gasteiger partial charge in [-0.25, -0.2) is 8.78 Å². The zero-order valence-electron chi connectivity index (χ0n) is 6.00. The summed E-state index contributed by atoms with van der Waals surface area (Å²) in [7, 11) is 0. The third-order valence-corrected chi connectivity index (χ3v) is 1.90. The molecule has 64 valence electrons. The Morgan fingerprint density at radius 1 is 1.36 bits per heavy atom. The Labute approximate surface area is 63.5 Å². The summed E-state index contributed by atoms with van der Waals surface area (Å²) < 4.78 is 29.7. The number of alkyl halides is 2. The zero-order chi connectivity index (χ0) is 8.27. The van der Waals surface area contributed by atoms with Crippen molar-refractivity contribution in [1.29, 1.82) is 0 Å². The molecule has 1 aliphatic carbocycles. The normalized spacial score (nSPS) is 38.2. The smallest absolute Gasteiger partial charge is 0.293 e. The maximum absolute atomic E-state index is 12.8. The number of ether oxygens (including phenoxy) is 1. The predicted octanol–water partition coefficient (Wildman–Crippen LogP) is 1.39. The molecule has 11 heavy (non-hydrogen) atoms. The van der Waals surface area contributed by atoms with Crippen LogP contribution >= 0.6 is 0 Å². The summed E-state index contributed by atoms with van der Waals surface area (Å²) in [6, 6.07) is 0. The third kappa shape index (κ3) is 1.88. The van der Waals surface area contributed by atoms with Crippen molar-refractivity contribution in [2.75, 3.05) is 0 Å². The van der Waals surface area contributed by atoms with Gasteiger partial charge in [0.2, 0.25) is 0 Å². The Balaban J connectivity index is 2.43. The maximum atomic E-state index is 12.8. The van der Waals surface area contributed by atoms with Crippen molar-refractivity contribution in [3.05, 3.63) is 0 Å². The first-order valence-electron chi connectivity index (χ1n) is 3.63. The lowest BCUT2D eigenvalue weighted by Gasteiger charge is -2.26. The summed E-state index contributed by atoms with van der Waals surface area (Å²) >= 11 is 0. The molecule has 0 bridgehead atoms. The van der Waals surface area contributed by atoms with Gasteiger partial charge in [0.15, 0.2) is 6.17 Å². The Kier molecular flexibility index (Phi) is 2.79. The van der Waals surface area contributed by atoms with E-state index in [1.165, 1.54) is 0 Å². The zero-order valence-corrected chi connectivity index (χ0v) is 6.00. The van der Waals surface area contributed by atoms with Gasteiger partial charge in [0.25, 0.3) is 6.47 Å². The van der Waals surface area contributed by atoms with Crippen molar-refractivity contribution in [3.63, 3.8) is 0 Å². The number of carbonyl (C=O) groups is 1. The van der Waals surface area contributed by atoms with Gasteiger partial charge < -0.3 is 4.74 Å². The van der Waals surface area contributed by atoms with Crippen LogP contribution in [0.5, 0.6) is 0 Å². The largest absolute Gasteiger partial charge is 0.461 e. The monoisotopic (exact) mass is 164 g/mol. The van der Waals surface area contributed by atoms with E-state index in [4.69, 9.17) is 0 Å². The van der Waals surface area contributed by atoms with E-state index in [9.17, 15) is 13.6 Å².